The van der Waals surface area contributed by atoms with Crippen molar-refractivity contribution in [3.63, 3.8) is 0 Å². The van der Waals surface area contributed by atoms with Crippen molar-refractivity contribution in [2.24, 2.45) is 16.9 Å². The molecule has 38 heavy (non-hydrogen) atoms. The molecule has 0 bridgehead atoms. The number of hydrogen-bond acceptors (Lipinski definition) is 5. The second-order valence-corrected chi connectivity index (χ2v) is 12.7. The van der Waals surface area contributed by atoms with Crippen LogP contribution in [0.5, 0.6) is 0 Å². The summed E-state index contributed by atoms with van der Waals surface area (Å²) < 4.78 is 71.4. The minimum atomic E-state index is -4.45. The first-order valence-electron chi connectivity index (χ1n) is 12.9. The fraction of sp³-hybridized carbons (Fsp3) is 0.600. The fourth-order valence-electron chi connectivity index (χ4n) is 6.93. The van der Waals surface area contributed by atoms with E-state index in [0.717, 1.165) is 54.0 Å². The van der Waals surface area contributed by atoms with E-state index in [1.165, 1.54) is 33.1 Å². The number of halogens is 3. The Morgan fingerprint density at radius 3 is 2.37 bits per heavy atom. The third-order valence-electron chi connectivity index (χ3n) is 8.29. The van der Waals surface area contributed by atoms with E-state index >= 15 is 0 Å². The second-order valence-electron chi connectivity index (χ2n) is 11.2. The molecule has 1 saturated carbocycles. The molecule has 1 aliphatic heterocycles. The van der Waals surface area contributed by atoms with E-state index in [-0.39, 0.29) is 24.2 Å². The molecular weight excluding hydrogens is 521 g/mol. The van der Waals surface area contributed by atoms with E-state index in [0.29, 0.717) is 18.5 Å². The first-order valence-corrected chi connectivity index (χ1v) is 14.3. The van der Waals surface area contributed by atoms with Crippen LogP contribution in [-0.2, 0) is 42.9 Å². The maximum absolute atomic E-state index is 13.5. The number of anilines is 2. The van der Waals surface area contributed by atoms with Crippen molar-refractivity contribution in [1.82, 2.24) is 14.7 Å². The van der Waals surface area contributed by atoms with Crippen LogP contribution in [-0.4, -0.2) is 61.0 Å². The van der Waals surface area contributed by atoms with Crippen LogP contribution in [0.1, 0.15) is 47.9 Å². The molecule has 13 heteroatoms. The number of alkyl halides is 3. The maximum atomic E-state index is 13.5. The minimum absolute atomic E-state index is 0.270. The average Bonchev–Trinajstić information content (AvgIpc) is 3.50. The monoisotopic (exact) mass is 551 g/mol. The quantitative estimate of drug-likeness (QED) is 0.436. The van der Waals surface area contributed by atoms with Crippen LogP contribution in [0.3, 0.4) is 0 Å². The summed E-state index contributed by atoms with van der Waals surface area (Å²) in [6, 6.07) is 0.766. The average molecular weight is 552 g/mol. The summed E-state index contributed by atoms with van der Waals surface area (Å²) in [4.78, 5) is 1.33. The molecule has 6 rings (SSSR count). The molecule has 2 heterocycles. The molecular formula is C25H30F3N6O3S-. The molecule has 4 aliphatic rings. The zero-order valence-corrected chi connectivity index (χ0v) is 21.9. The summed E-state index contributed by atoms with van der Waals surface area (Å²) in [6.07, 6.45) is 5.00. The smallest absolute Gasteiger partial charge is 0.401 e. The number of fused-ring (bicyclic) bond motifs is 2. The van der Waals surface area contributed by atoms with Crippen LogP contribution in [0.2, 0.25) is 0 Å². The Hall–Kier alpha value is -2.80. The van der Waals surface area contributed by atoms with Gasteiger partial charge in [0.15, 0.2) is 0 Å². The zero-order chi connectivity index (χ0) is 26.9. The summed E-state index contributed by atoms with van der Waals surface area (Å²) in [6.45, 7) is -0.427. The third kappa shape index (κ3) is 4.63. The summed E-state index contributed by atoms with van der Waals surface area (Å²) in [5.74, 6) is 0. The number of likely N-dealkylation sites (tertiary alicyclic amines) is 1. The van der Waals surface area contributed by atoms with Gasteiger partial charge in [-0.25, -0.2) is 4.31 Å². The standard InChI is InChI=1S/C25H31F3N6O3S/c1-32-12-19(11-29-32)34(18-9-24(10-18)13-33(14-24)15-25(26,27)28)38(36,37)31-23(35)30-22-20-6-2-4-16(20)8-17-5-3-7-21(17)22/h8,11-12,18H,2-7,9-10,13-15H2,1H3,(H2,30,31,35)/p-1. The molecule has 2 fully saturated rings. The summed E-state index contributed by atoms with van der Waals surface area (Å²) in [5.41, 5.74) is 5.21. The van der Waals surface area contributed by atoms with E-state index in [4.69, 9.17) is 0 Å². The van der Waals surface area contributed by atoms with E-state index in [9.17, 15) is 26.7 Å². The lowest BCUT2D eigenvalue weighted by molar-refractivity contribution is -0.213. The van der Waals surface area contributed by atoms with Crippen molar-refractivity contribution in [2.75, 3.05) is 29.3 Å². The predicted molar refractivity (Wildman–Crippen MR) is 134 cm³/mol. The SMILES string of the molecule is Cn1cc(N(C2CC3(C2)CN(CC(F)(F)F)C3)S(=O)(=O)/N=C(\[O-])Nc2c3c(cc4c2CCC4)CCC3)cn1. The summed E-state index contributed by atoms with van der Waals surface area (Å²) >= 11 is 0. The van der Waals surface area contributed by atoms with Gasteiger partial charge in [0.2, 0.25) is 0 Å². The molecule has 0 atom stereocenters. The van der Waals surface area contributed by atoms with Gasteiger partial charge in [-0.2, -0.15) is 26.7 Å². The number of nitrogens with zero attached hydrogens (tertiary/aromatic N) is 5. The van der Waals surface area contributed by atoms with Gasteiger partial charge in [-0.1, -0.05) is 6.07 Å². The Morgan fingerprint density at radius 2 is 1.82 bits per heavy atom. The Bertz CT molecular complexity index is 1360. The van der Waals surface area contributed by atoms with Gasteiger partial charge >= 0.3 is 16.4 Å². The Kier molecular flexibility index (Phi) is 5.95. The van der Waals surface area contributed by atoms with Gasteiger partial charge in [0.25, 0.3) is 0 Å². The number of aryl methyl sites for hydroxylation is 3. The van der Waals surface area contributed by atoms with Gasteiger partial charge in [-0.05, 0) is 79.0 Å². The Morgan fingerprint density at radius 1 is 1.18 bits per heavy atom. The Balaban J connectivity index is 1.23. The minimum Gasteiger partial charge on any atom is -0.845 e. The molecule has 1 aromatic carbocycles. The molecule has 1 aromatic heterocycles. The largest absolute Gasteiger partial charge is 0.845 e. The van der Waals surface area contributed by atoms with Crippen molar-refractivity contribution in [1.29, 1.82) is 0 Å². The number of rotatable bonds is 6. The highest BCUT2D eigenvalue weighted by molar-refractivity contribution is 7.91. The molecule has 9 nitrogen and oxygen atoms in total. The number of amidine groups is 1. The highest BCUT2D eigenvalue weighted by Gasteiger charge is 2.57. The van der Waals surface area contributed by atoms with Gasteiger partial charge < -0.3 is 10.4 Å². The van der Waals surface area contributed by atoms with Gasteiger partial charge in [0.1, 0.15) is 0 Å². The molecule has 206 valence electrons. The van der Waals surface area contributed by atoms with E-state index in [2.05, 4.69) is 20.9 Å². The molecule has 0 amide bonds. The summed E-state index contributed by atoms with van der Waals surface area (Å²) in [7, 11) is -2.80. The molecule has 0 radical (unpaired) electrons. The van der Waals surface area contributed by atoms with E-state index < -0.39 is 35.0 Å². The predicted octanol–water partition coefficient (Wildman–Crippen LogP) is 2.30. The van der Waals surface area contributed by atoms with Crippen LogP contribution >= 0.6 is 0 Å². The first-order chi connectivity index (χ1) is 17.9. The number of nitrogens with one attached hydrogen (secondary N) is 1. The van der Waals surface area contributed by atoms with Crippen molar-refractivity contribution in [3.05, 3.63) is 40.7 Å². The molecule has 1 spiro atoms. The Labute approximate surface area is 219 Å². The lowest BCUT2D eigenvalue weighted by atomic mass is 9.60. The second kappa shape index (κ2) is 8.87. The summed E-state index contributed by atoms with van der Waals surface area (Å²) in [5, 5.41) is 19.9. The zero-order valence-electron chi connectivity index (χ0n) is 21.1. The van der Waals surface area contributed by atoms with Crippen LogP contribution in [0.15, 0.2) is 22.9 Å². The normalized spacial score (nSPS) is 21.2. The maximum Gasteiger partial charge on any atom is 0.401 e. The van der Waals surface area contributed by atoms with Gasteiger partial charge in [-0.3, -0.25) is 9.58 Å². The van der Waals surface area contributed by atoms with Crippen molar-refractivity contribution >= 4 is 27.6 Å². The highest BCUT2D eigenvalue weighted by atomic mass is 32.2. The van der Waals surface area contributed by atoms with E-state index in [1.54, 1.807) is 7.05 Å². The van der Waals surface area contributed by atoms with E-state index in [1.807, 2.05) is 0 Å². The van der Waals surface area contributed by atoms with Gasteiger partial charge in [-0.15, -0.1) is 4.40 Å². The highest BCUT2D eigenvalue weighted by Crippen LogP contribution is 2.52. The first kappa shape index (κ1) is 25.5. The molecule has 3 aliphatic carbocycles. The van der Waals surface area contributed by atoms with Gasteiger partial charge in [0, 0.05) is 38.1 Å². The van der Waals surface area contributed by atoms with Crippen molar-refractivity contribution < 1.29 is 26.7 Å². The number of benzene rings is 1. The lowest BCUT2D eigenvalue weighted by Gasteiger charge is -2.60. The number of hydrogen-bond donors (Lipinski definition) is 1. The van der Waals surface area contributed by atoms with Crippen LogP contribution in [0.25, 0.3) is 0 Å². The molecule has 2 aromatic rings. The van der Waals surface area contributed by atoms with Crippen LogP contribution < -0.4 is 14.7 Å². The number of aromatic nitrogens is 2. The third-order valence-corrected chi connectivity index (χ3v) is 9.69. The van der Waals surface area contributed by atoms with Crippen molar-refractivity contribution in [3.8, 4) is 0 Å². The fourth-order valence-corrected chi connectivity index (χ4v) is 8.16. The van der Waals surface area contributed by atoms with Gasteiger partial charge in [0.05, 0.1) is 24.5 Å². The lowest BCUT2D eigenvalue weighted by Crippen LogP contribution is -2.68. The molecule has 1 saturated heterocycles. The van der Waals surface area contributed by atoms with Crippen molar-refractivity contribution in [2.45, 2.75) is 63.6 Å². The molecule has 1 N–H and O–H groups in total. The topological polar surface area (TPSA) is 106 Å². The van der Waals surface area contributed by atoms with Crippen LogP contribution in [0, 0.1) is 5.41 Å². The molecule has 0 unspecified atom stereocenters. The van der Waals surface area contributed by atoms with Crippen LogP contribution in [0.4, 0.5) is 24.5 Å².